The molecule has 1 aliphatic heterocycles. The van der Waals surface area contributed by atoms with Crippen LogP contribution in [0, 0.1) is 0 Å². The zero-order chi connectivity index (χ0) is 19.2. The molecule has 10 heteroatoms. The van der Waals surface area contributed by atoms with E-state index in [4.69, 9.17) is 0 Å². The molecule has 0 bridgehead atoms. The Kier molecular flexibility index (Phi) is 10.0. The van der Waals surface area contributed by atoms with Gasteiger partial charge >= 0.3 is 0 Å². The van der Waals surface area contributed by atoms with Gasteiger partial charge in [0.2, 0.25) is 5.91 Å². The molecule has 0 saturated carbocycles. The lowest BCUT2D eigenvalue weighted by atomic mass is 10.3. The van der Waals surface area contributed by atoms with Crippen LogP contribution >= 0.6 is 39.9 Å². The molecular weight excluding hydrogens is 547 g/mol. The summed E-state index contributed by atoms with van der Waals surface area (Å²) in [5, 5.41) is 3.20. The molecule has 1 aromatic rings. The predicted molar refractivity (Wildman–Crippen MR) is 121 cm³/mol. The van der Waals surface area contributed by atoms with Crippen molar-refractivity contribution in [2.75, 3.05) is 45.0 Å². The zero-order valence-corrected chi connectivity index (χ0v) is 20.3. The van der Waals surface area contributed by atoms with Crippen LogP contribution in [0.5, 0.6) is 0 Å². The molecule has 1 aromatic carbocycles. The van der Waals surface area contributed by atoms with Gasteiger partial charge in [0.25, 0.3) is 0 Å². The third-order valence-electron chi connectivity index (χ3n) is 4.15. The van der Waals surface area contributed by atoms with E-state index < -0.39 is 9.84 Å². The monoisotopic (exact) mass is 572 g/mol. The van der Waals surface area contributed by atoms with E-state index in [9.17, 15) is 13.2 Å². The first kappa shape index (κ1) is 24.2. The summed E-state index contributed by atoms with van der Waals surface area (Å²) in [5.74, 6) is 0.727. The quantitative estimate of drug-likeness (QED) is 0.331. The van der Waals surface area contributed by atoms with Gasteiger partial charge in [-0.25, -0.2) is 8.42 Å². The lowest BCUT2D eigenvalue weighted by Crippen LogP contribution is -2.53. The second-order valence-electron chi connectivity index (χ2n) is 6.00. The molecule has 0 unspecified atom stereocenters. The first-order valence-corrected chi connectivity index (χ1v) is 11.0. The van der Waals surface area contributed by atoms with Gasteiger partial charge in [0.15, 0.2) is 15.8 Å². The molecule has 1 N–H and O–H groups in total. The van der Waals surface area contributed by atoms with Gasteiger partial charge in [0.1, 0.15) is 0 Å². The highest BCUT2D eigenvalue weighted by atomic mass is 127. The number of amides is 1. The molecule has 152 valence electrons. The Hall–Kier alpha value is -0.880. The summed E-state index contributed by atoms with van der Waals surface area (Å²) >= 11 is 3.30. The van der Waals surface area contributed by atoms with E-state index in [0.717, 1.165) is 4.47 Å². The summed E-state index contributed by atoms with van der Waals surface area (Å²) in [4.78, 5) is 20.1. The number of nitrogens with zero attached hydrogens (tertiary/aromatic N) is 3. The molecule has 0 spiro atoms. The van der Waals surface area contributed by atoms with Gasteiger partial charge in [-0.05, 0) is 31.2 Å². The maximum Gasteiger partial charge on any atom is 0.219 e. The summed E-state index contributed by atoms with van der Waals surface area (Å²) in [6, 6.07) is 6.62. The molecule has 1 saturated heterocycles. The van der Waals surface area contributed by atoms with Crippen molar-refractivity contribution in [1.29, 1.82) is 0 Å². The van der Waals surface area contributed by atoms with Crippen LogP contribution in [0.25, 0.3) is 0 Å². The van der Waals surface area contributed by atoms with Crippen LogP contribution in [0.2, 0.25) is 0 Å². The average Bonchev–Trinajstić information content (AvgIpc) is 2.61. The Morgan fingerprint density at radius 3 is 2.22 bits per heavy atom. The van der Waals surface area contributed by atoms with Crippen LogP contribution in [0.3, 0.4) is 0 Å². The fourth-order valence-corrected chi connectivity index (χ4v) is 4.07. The Morgan fingerprint density at radius 1 is 1.15 bits per heavy atom. The molecule has 2 rings (SSSR count). The summed E-state index contributed by atoms with van der Waals surface area (Å²) in [6.45, 7) is 7.10. The molecule has 0 atom stereocenters. The van der Waals surface area contributed by atoms with Crippen molar-refractivity contribution in [2.45, 2.75) is 18.7 Å². The third kappa shape index (κ3) is 7.22. The van der Waals surface area contributed by atoms with Crippen molar-refractivity contribution in [3.05, 3.63) is 28.7 Å². The summed E-state index contributed by atoms with van der Waals surface area (Å²) in [6.07, 6.45) is 0. The number of hydrogen-bond acceptors (Lipinski definition) is 4. The van der Waals surface area contributed by atoms with Gasteiger partial charge in [0.05, 0.1) is 17.2 Å². The first-order chi connectivity index (χ1) is 12.3. The van der Waals surface area contributed by atoms with Gasteiger partial charge in [-0.3, -0.25) is 9.79 Å². The number of nitrogens with one attached hydrogen (secondary N) is 1. The Bertz CT molecular complexity index is 748. The predicted octanol–water partition coefficient (Wildman–Crippen LogP) is 1.97. The summed E-state index contributed by atoms with van der Waals surface area (Å²) in [5.41, 5.74) is 0. The van der Waals surface area contributed by atoms with E-state index in [0.29, 0.717) is 43.6 Å². The van der Waals surface area contributed by atoms with Crippen molar-refractivity contribution < 1.29 is 13.2 Å². The fourth-order valence-electron chi connectivity index (χ4n) is 2.69. The van der Waals surface area contributed by atoms with E-state index in [1.54, 1.807) is 36.1 Å². The number of piperazine rings is 1. The highest BCUT2D eigenvalue weighted by molar-refractivity contribution is 14.0. The SMILES string of the molecule is CCNC(=NCCS(=O)(=O)c1ccc(Br)cc1)N1CCN(C(C)=O)CC1.I. The topological polar surface area (TPSA) is 82.1 Å². The minimum atomic E-state index is -3.37. The summed E-state index contributed by atoms with van der Waals surface area (Å²) in [7, 11) is -3.37. The molecule has 27 heavy (non-hydrogen) atoms. The van der Waals surface area contributed by atoms with Crippen LogP contribution < -0.4 is 5.32 Å². The van der Waals surface area contributed by atoms with Crippen LogP contribution in [0.1, 0.15) is 13.8 Å². The molecule has 0 radical (unpaired) electrons. The average molecular weight is 573 g/mol. The lowest BCUT2D eigenvalue weighted by molar-refractivity contribution is -0.130. The molecule has 1 aliphatic rings. The molecule has 7 nitrogen and oxygen atoms in total. The first-order valence-electron chi connectivity index (χ1n) is 8.60. The van der Waals surface area contributed by atoms with Gasteiger partial charge in [-0.2, -0.15) is 0 Å². The molecule has 0 aliphatic carbocycles. The zero-order valence-electron chi connectivity index (χ0n) is 15.5. The summed E-state index contributed by atoms with van der Waals surface area (Å²) < 4.78 is 25.7. The Labute approximate surface area is 186 Å². The largest absolute Gasteiger partial charge is 0.357 e. The molecule has 1 fully saturated rings. The maximum absolute atomic E-state index is 12.4. The number of sulfone groups is 1. The smallest absolute Gasteiger partial charge is 0.219 e. The number of aliphatic imine (C=N–C) groups is 1. The molecule has 1 heterocycles. The third-order valence-corrected chi connectivity index (χ3v) is 6.39. The van der Waals surface area contributed by atoms with Gasteiger partial charge in [-0.15, -0.1) is 24.0 Å². The van der Waals surface area contributed by atoms with Gasteiger partial charge < -0.3 is 15.1 Å². The van der Waals surface area contributed by atoms with E-state index >= 15 is 0 Å². The number of rotatable bonds is 5. The number of hydrogen-bond donors (Lipinski definition) is 1. The van der Waals surface area contributed by atoms with E-state index in [1.807, 2.05) is 6.92 Å². The van der Waals surface area contributed by atoms with Crippen LogP contribution in [0.4, 0.5) is 0 Å². The minimum absolute atomic E-state index is 0. The van der Waals surface area contributed by atoms with E-state index in [-0.39, 0.29) is 42.2 Å². The van der Waals surface area contributed by atoms with Crippen LogP contribution in [0.15, 0.2) is 38.6 Å². The standard InChI is InChI=1S/C17H25BrN4O3S.HI/c1-3-19-17(22-11-9-21(10-12-22)14(2)23)20-8-13-26(24,25)16-6-4-15(18)5-7-16;/h4-7H,3,8-13H2,1-2H3,(H,19,20);1H. The van der Waals surface area contributed by atoms with Gasteiger partial charge in [0, 0.05) is 44.1 Å². The second-order valence-corrected chi connectivity index (χ2v) is 9.03. The number of benzene rings is 1. The number of carbonyl (C=O) groups excluding carboxylic acids is 1. The van der Waals surface area contributed by atoms with Crippen molar-refractivity contribution in [3.63, 3.8) is 0 Å². The minimum Gasteiger partial charge on any atom is -0.357 e. The van der Waals surface area contributed by atoms with Crippen LogP contribution in [-0.2, 0) is 14.6 Å². The Morgan fingerprint density at radius 2 is 1.70 bits per heavy atom. The molecule has 1 amide bonds. The molecule has 0 aromatic heterocycles. The maximum atomic E-state index is 12.4. The van der Waals surface area contributed by atoms with E-state index in [1.165, 1.54) is 0 Å². The lowest BCUT2D eigenvalue weighted by Gasteiger charge is -2.36. The second kappa shape index (κ2) is 11.2. The van der Waals surface area contributed by atoms with Crippen molar-refractivity contribution >= 4 is 61.6 Å². The highest BCUT2D eigenvalue weighted by Gasteiger charge is 2.21. The normalized spacial score (nSPS) is 15.3. The Balaban J connectivity index is 0.00000364. The van der Waals surface area contributed by atoms with Crippen molar-refractivity contribution in [3.8, 4) is 0 Å². The van der Waals surface area contributed by atoms with E-state index in [2.05, 4.69) is 31.1 Å². The van der Waals surface area contributed by atoms with Crippen molar-refractivity contribution in [1.82, 2.24) is 15.1 Å². The van der Waals surface area contributed by atoms with Crippen molar-refractivity contribution in [2.24, 2.45) is 4.99 Å². The van der Waals surface area contributed by atoms with Gasteiger partial charge in [-0.1, -0.05) is 15.9 Å². The van der Waals surface area contributed by atoms with Crippen LogP contribution in [-0.4, -0.2) is 75.1 Å². The number of guanidine groups is 1. The highest BCUT2D eigenvalue weighted by Crippen LogP contribution is 2.16. The molecular formula is C17H26BrIN4O3S. The number of halogens is 2. The fraction of sp³-hybridized carbons (Fsp3) is 0.529. The number of carbonyl (C=O) groups is 1.